The fraction of sp³-hybridized carbons (Fsp3) is 0.410. The Morgan fingerprint density at radius 1 is 0.545 bits per heavy atom. The quantitative estimate of drug-likeness (QED) is 0.277. The summed E-state index contributed by atoms with van der Waals surface area (Å²) in [6, 6.07) is 0. The molecule has 5 heterocycles. The number of allylic oxidation sites excluding steroid dienone is 10. The smallest absolute Gasteiger partial charge is 0.0791 e. The van der Waals surface area contributed by atoms with Crippen molar-refractivity contribution in [3.8, 4) is 0 Å². The van der Waals surface area contributed by atoms with Crippen LogP contribution in [0.1, 0.15) is 116 Å². The summed E-state index contributed by atoms with van der Waals surface area (Å²) in [5, 5.41) is 9.77. The number of H-pyrrole nitrogens is 1. The minimum Gasteiger partial charge on any atom is -0.516 e. The van der Waals surface area contributed by atoms with Crippen LogP contribution in [-0.4, -0.2) is 27.2 Å². The zero-order valence-corrected chi connectivity index (χ0v) is 27.9. The maximum atomic E-state index is 9.77. The third kappa shape index (κ3) is 5.21. The second-order valence-corrected chi connectivity index (χ2v) is 11.5. The first-order valence-corrected chi connectivity index (χ1v) is 16.8. The van der Waals surface area contributed by atoms with Crippen molar-refractivity contribution in [2.24, 2.45) is 15.0 Å². The number of nitrogens with one attached hydrogen (secondary N) is 1. The molecule has 0 unspecified atom stereocenters. The number of aromatic amines is 1. The Bertz CT molecular complexity index is 1720. The lowest BCUT2D eigenvalue weighted by Gasteiger charge is -2.13. The second kappa shape index (κ2) is 13.3. The summed E-state index contributed by atoms with van der Waals surface area (Å²) in [6.07, 6.45) is 18.8. The molecule has 0 spiro atoms. The van der Waals surface area contributed by atoms with Crippen molar-refractivity contribution < 1.29 is 5.11 Å². The van der Waals surface area contributed by atoms with Crippen LogP contribution in [0.3, 0.4) is 0 Å². The number of nitrogens with zero attached hydrogens (tertiary/aromatic N) is 3. The molecule has 0 amide bonds. The molecule has 2 N–H and O–H groups in total. The maximum Gasteiger partial charge on any atom is 0.0791 e. The minimum absolute atomic E-state index is 0.861. The molecule has 0 fully saturated rings. The van der Waals surface area contributed by atoms with E-state index in [-0.39, 0.29) is 0 Å². The van der Waals surface area contributed by atoms with Crippen LogP contribution in [0, 0.1) is 0 Å². The molecule has 230 valence electrons. The van der Waals surface area contributed by atoms with Crippen LogP contribution in [0.25, 0.3) is 12.2 Å². The van der Waals surface area contributed by atoms with Crippen molar-refractivity contribution in [3.05, 3.63) is 103 Å². The van der Waals surface area contributed by atoms with E-state index in [1.165, 1.54) is 44.6 Å². The van der Waals surface area contributed by atoms with E-state index in [0.29, 0.717) is 0 Å². The molecule has 0 saturated carbocycles. The summed E-state index contributed by atoms with van der Waals surface area (Å²) >= 11 is 0. The summed E-state index contributed by atoms with van der Waals surface area (Å²) in [7, 11) is 0. The molecular weight excluding hydrogens is 540 g/mol. The summed E-state index contributed by atoms with van der Waals surface area (Å²) in [5.41, 5.74) is 19.6. The third-order valence-corrected chi connectivity index (χ3v) is 9.41. The van der Waals surface area contributed by atoms with E-state index in [0.717, 1.165) is 109 Å². The Hall–Kier alpha value is -3.99. The van der Waals surface area contributed by atoms with Gasteiger partial charge in [-0.15, -0.1) is 0 Å². The van der Waals surface area contributed by atoms with Gasteiger partial charge in [-0.25, -0.2) is 15.0 Å². The predicted octanol–water partition coefficient (Wildman–Crippen LogP) is 10.4. The molecule has 0 saturated heterocycles. The van der Waals surface area contributed by atoms with Crippen LogP contribution < -0.4 is 0 Å². The average Bonchev–Trinajstić information content (AvgIpc) is 3.76. The number of hydrogen-bond donors (Lipinski definition) is 2. The van der Waals surface area contributed by atoms with E-state index in [4.69, 9.17) is 15.0 Å². The van der Waals surface area contributed by atoms with Crippen LogP contribution in [0.5, 0.6) is 0 Å². The Labute approximate surface area is 263 Å². The van der Waals surface area contributed by atoms with Gasteiger partial charge in [0.25, 0.3) is 0 Å². The van der Waals surface area contributed by atoms with Crippen LogP contribution >= 0.6 is 0 Å². The summed E-state index contributed by atoms with van der Waals surface area (Å²) in [5.74, 6) is 0. The van der Waals surface area contributed by atoms with Gasteiger partial charge >= 0.3 is 0 Å². The highest BCUT2D eigenvalue weighted by Crippen LogP contribution is 2.41. The zero-order valence-electron chi connectivity index (χ0n) is 27.9. The molecular formula is C39H48N4O. The van der Waals surface area contributed by atoms with Gasteiger partial charge in [-0.1, -0.05) is 55.4 Å². The highest BCUT2D eigenvalue weighted by Gasteiger charge is 2.32. The Morgan fingerprint density at radius 2 is 0.977 bits per heavy atom. The van der Waals surface area contributed by atoms with Gasteiger partial charge in [0.15, 0.2) is 0 Å². The van der Waals surface area contributed by atoms with Gasteiger partial charge in [0.1, 0.15) is 0 Å². The molecule has 0 atom stereocenters. The van der Waals surface area contributed by atoms with Crippen molar-refractivity contribution in [1.29, 1.82) is 0 Å². The Morgan fingerprint density at radius 3 is 1.41 bits per heavy atom. The number of rotatable bonds is 9. The molecule has 4 aliphatic rings. The molecule has 4 aliphatic heterocycles. The van der Waals surface area contributed by atoms with E-state index in [9.17, 15) is 5.11 Å². The number of aliphatic hydroxyl groups is 1. The Kier molecular flexibility index (Phi) is 9.53. The van der Waals surface area contributed by atoms with Crippen molar-refractivity contribution in [2.45, 2.75) is 107 Å². The molecule has 1 aromatic rings. The normalized spacial score (nSPS) is 19.3. The second-order valence-electron chi connectivity index (χ2n) is 11.5. The maximum absolute atomic E-state index is 9.77. The van der Waals surface area contributed by atoms with E-state index >= 15 is 0 Å². The van der Waals surface area contributed by atoms with Gasteiger partial charge in [0.2, 0.25) is 0 Å². The topological polar surface area (TPSA) is 73.1 Å². The molecule has 44 heavy (non-hydrogen) atoms. The van der Waals surface area contributed by atoms with E-state index in [2.05, 4.69) is 78.6 Å². The number of aliphatic imine (C=N–C) groups is 3. The van der Waals surface area contributed by atoms with Gasteiger partial charge < -0.3 is 10.1 Å². The zero-order chi connectivity index (χ0) is 31.5. The van der Waals surface area contributed by atoms with Crippen molar-refractivity contribution >= 4 is 29.3 Å². The lowest BCUT2D eigenvalue weighted by Crippen LogP contribution is -2.15. The molecule has 1 aromatic heterocycles. The largest absolute Gasteiger partial charge is 0.516 e. The molecule has 0 aliphatic carbocycles. The molecule has 5 rings (SSSR count). The van der Waals surface area contributed by atoms with Crippen LogP contribution in [0.4, 0.5) is 0 Å². The van der Waals surface area contributed by atoms with Crippen molar-refractivity contribution in [1.82, 2.24) is 4.98 Å². The number of fused-ring (bicyclic) bond motifs is 5. The third-order valence-electron chi connectivity index (χ3n) is 9.41. The van der Waals surface area contributed by atoms with Crippen LogP contribution in [0.15, 0.2) is 95.6 Å². The summed E-state index contributed by atoms with van der Waals surface area (Å²) < 4.78 is 0. The summed E-state index contributed by atoms with van der Waals surface area (Å²) in [4.78, 5) is 19.9. The fourth-order valence-electron chi connectivity index (χ4n) is 7.43. The number of aromatic nitrogens is 1. The lowest BCUT2D eigenvalue weighted by atomic mass is 9.88. The van der Waals surface area contributed by atoms with Crippen LogP contribution in [-0.2, 0) is 12.8 Å². The van der Waals surface area contributed by atoms with Crippen molar-refractivity contribution in [3.63, 3.8) is 0 Å². The Balaban J connectivity index is 1.93. The molecule has 0 radical (unpaired) electrons. The highest BCUT2D eigenvalue weighted by atomic mass is 16.2. The first-order valence-electron chi connectivity index (χ1n) is 16.8. The fourth-order valence-corrected chi connectivity index (χ4v) is 7.43. The van der Waals surface area contributed by atoms with E-state index < -0.39 is 0 Å². The molecule has 5 nitrogen and oxygen atoms in total. The first-order chi connectivity index (χ1) is 21.4. The molecule has 8 bridgehead atoms. The lowest BCUT2D eigenvalue weighted by molar-refractivity contribution is 0.473. The average molecular weight is 589 g/mol. The van der Waals surface area contributed by atoms with Gasteiger partial charge in [0.05, 0.1) is 40.5 Å². The van der Waals surface area contributed by atoms with Crippen molar-refractivity contribution in [2.75, 3.05) is 0 Å². The van der Waals surface area contributed by atoms with Gasteiger partial charge in [0, 0.05) is 17.0 Å². The number of hydrogen-bond acceptors (Lipinski definition) is 4. The van der Waals surface area contributed by atoms with E-state index in [1.807, 2.05) is 6.08 Å². The first kappa shape index (κ1) is 31.4. The van der Waals surface area contributed by atoms with Gasteiger partial charge in [-0.05, 0) is 126 Å². The van der Waals surface area contributed by atoms with Gasteiger partial charge in [-0.3, -0.25) is 0 Å². The highest BCUT2D eigenvalue weighted by molar-refractivity contribution is 6.37. The van der Waals surface area contributed by atoms with E-state index in [1.54, 1.807) is 6.08 Å². The van der Waals surface area contributed by atoms with Crippen LogP contribution in [0.2, 0.25) is 0 Å². The minimum atomic E-state index is 0.861. The molecule has 5 heteroatoms. The standard InChI is InChI=1S/C39H48N4O/c1-9-23-25(11-3)34-21-36-27(13-5)29(15-7)38(42-36)31(18-17-19-44)39-30(16-8)28(14-6)37(43-39)22-35-26(12-4)24(10-2)33(41-35)20-32(23)40-34/h17-22,40,44H,9-16H2,1-8H3/b19-17-,31-18-,33-20?,36-21?,37-22?. The predicted molar refractivity (Wildman–Crippen MR) is 189 cm³/mol. The number of aliphatic hydroxyl groups excluding tert-OH is 1. The summed E-state index contributed by atoms with van der Waals surface area (Å²) in [6.45, 7) is 17.8. The monoisotopic (exact) mass is 588 g/mol. The van der Waals surface area contributed by atoms with Gasteiger partial charge in [-0.2, -0.15) is 0 Å². The SMILES string of the molecule is CCC1=C(CC)C2=NC1=Cc1[nH]c(c(CC)c1CC)C=C1N=C(C(CC)=C1CC)/C(=C/C=C\O)C1=NC(=C2)C(CC)=C1CC. The molecule has 0 aromatic carbocycles.